The standard InChI is InChI=1S/C30H33F3/c1-3-5-20-7-9-21(10-8-20)25-16-17-26(28(31)19-25)22-11-13-23(14-12-22)27-18-15-24(6-4-2)29(32)30(27)33/h11-21H,3-10H2,1-2H3. The number of hydrogen-bond acceptors (Lipinski definition) is 0. The molecule has 0 nitrogen and oxygen atoms in total. The van der Waals surface area contributed by atoms with Crippen LogP contribution in [0.3, 0.4) is 0 Å². The van der Waals surface area contributed by atoms with Crippen LogP contribution in [-0.2, 0) is 6.42 Å². The lowest BCUT2D eigenvalue weighted by Crippen LogP contribution is -2.13. The first-order valence-electron chi connectivity index (χ1n) is 12.4. The molecule has 1 aliphatic rings. The van der Waals surface area contributed by atoms with Crippen LogP contribution in [0.15, 0.2) is 54.6 Å². The van der Waals surface area contributed by atoms with E-state index in [0.29, 0.717) is 29.0 Å². The number of rotatable bonds is 7. The van der Waals surface area contributed by atoms with Crippen LogP contribution in [-0.4, -0.2) is 0 Å². The van der Waals surface area contributed by atoms with Gasteiger partial charge in [0, 0.05) is 11.1 Å². The molecule has 0 atom stereocenters. The monoisotopic (exact) mass is 450 g/mol. The highest BCUT2D eigenvalue weighted by atomic mass is 19.2. The topological polar surface area (TPSA) is 0 Å². The van der Waals surface area contributed by atoms with Crippen molar-refractivity contribution in [3.05, 3.63) is 83.2 Å². The molecule has 0 spiro atoms. The summed E-state index contributed by atoms with van der Waals surface area (Å²) in [6.07, 6.45) is 8.55. The molecular weight excluding hydrogens is 417 g/mol. The van der Waals surface area contributed by atoms with Crippen LogP contribution in [0.25, 0.3) is 22.3 Å². The van der Waals surface area contributed by atoms with Crippen molar-refractivity contribution in [3.63, 3.8) is 0 Å². The predicted molar refractivity (Wildman–Crippen MR) is 131 cm³/mol. The molecule has 1 saturated carbocycles. The molecule has 4 rings (SSSR count). The van der Waals surface area contributed by atoms with Crippen LogP contribution in [0.5, 0.6) is 0 Å². The summed E-state index contributed by atoms with van der Waals surface area (Å²) in [7, 11) is 0. The molecule has 0 heterocycles. The van der Waals surface area contributed by atoms with Crippen molar-refractivity contribution in [1.82, 2.24) is 0 Å². The fourth-order valence-electron chi connectivity index (χ4n) is 5.32. The van der Waals surface area contributed by atoms with Gasteiger partial charge in [0.1, 0.15) is 5.82 Å². The molecule has 0 amide bonds. The van der Waals surface area contributed by atoms with E-state index in [4.69, 9.17) is 0 Å². The van der Waals surface area contributed by atoms with Crippen LogP contribution in [0.1, 0.15) is 75.8 Å². The van der Waals surface area contributed by atoms with Gasteiger partial charge in [-0.1, -0.05) is 81.6 Å². The second-order valence-electron chi connectivity index (χ2n) is 9.47. The highest BCUT2D eigenvalue weighted by Crippen LogP contribution is 2.39. The highest BCUT2D eigenvalue weighted by Gasteiger charge is 2.22. The lowest BCUT2D eigenvalue weighted by molar-refractivity contribution is 0.308. The second kappa shape index (κ2) is 10.6. The SMILES string of the molecule is CCCc1ccc(-c2ccc(-c3ccc(C4CCC(CCC)CC4)cc3F)cc2)c(F)c1F. The molecule has 1 fully saturated rings. The zero-order valence-electron chi connectivity index (χ0n) is 19.6. The van der Waals surface area contributed by atoms with Gasteiger partial charge in [-0.2, -0.15) is 0 Å². The third-order valence-electron chi connectivity index (χ3n) is 7.20. The summed E-state index contributed by atoms with van der Waals surface area (Å²) in [4.78, 5) is 0. The predicted octanol–water partition coefficient (Wildman–Crippen LogP) is 9.46. The Morgan fingerprint density at radius 1 is 0.697 bits per heavy atom. The van der Waals surface area contributed by atoms with Crippen molar-refractivity contribution in [3.8, 4) is 22.3 Å². The molecule has 0 N–H and O–H groups in total. The van der Waals surface area contributed by atoms with Crippen molar-refractivity contribution < 1.29 is 13.2 Å². The fraction of sp³-hybridized carbons (Fsp3) is 0.400. The molecule has 0 aromatic heterocycles. The summed E-state index contributed by atoms with van der Waals surface area (Å²) in [6, 6.07) is 15.9. The van der Waals surface area contributed by atoms with E-state index in [0.717, 1.165) is 36.3 Å². The molecule has 3 aromatic carbocycles. The van der Waals surface area contributed by atoms with Crippen LogP contribution >= 0.6 is 0 Å². The Morgan fingerprint density at radius 3 is 1.94 bits per heavy atom. The van der Waals surface area contributed by atoms with Crippen molar-refractivity contribution >= 4 is 0 Å². The fourth-order valence-corrected chi connectivity index (χ4v) is 5.32. The Morgan fingerprint density at radius 2 is 1.33 bits per heavy atom. The van der Waals surface area contributed by atoms with Gasteiger partial charge in [0.2, 0.25) is 0 Å². The van der Waals surface area contributed by atoms with E-state index >= 15 is 4.39 Å². The molecule has 33 heavy (non-hydrogen) atoms. The molecular formula is C30H33F3. The zero-order valence-corrected chi connectivity index (χ0v) is 19.6. The van der Waals surface area contributed by atoms with Crippen LogP contribution in [0.2, 0.25) is 0 Å². The van der Waals surface area contributed by atoms with Gasteiger partial charge in [-0.25, -0.2) is 13.2 Å². The summed E-state index contributed by atoms with van der Waals surface area (Å²) >= 11 is 0. The Labute approximate surface area is 195 Å². The Balaban J connectivity index is 1.51. The van der Waals surface area contributed by atoms with Gasteiger partial charge in [0.15, 0.2) is 11.6 Å². The van der Waals surface area contributed by atoms with Gasteiger partial charge >= 0.3 is 0 Å². The minimum atomic E-state index is -0.821. The first-order valence-corrected chi connectivity index (χ1v) is 12.4. The second-order valence-corrected chi connectivity index (χ2v) is 9.47. The van der Waals surface area contributed by atoms with Gasteiger partial charge in [0.05, 0.1) is 0 Å². The molecule has 0 radical (unpaired) electrons. The van der Waals surface area contributed by atoms with Gasteiger partial charge in [-0.05, 0) is 72.3 Å². The maximum atomic E-state index is 15.0. The van der Waals surface area contributed by atoms with E-state index in [1.54, 1.807) is 42.5 Å². The molecule has 174 valence electrons. The van der Waals surface area contributed by atoms with Gasteiger partial charge in [0.25, 0.3) is 0 Å². The summed E-state index contributed by atoms with van der Waals surface area (Å²) in [5.41, 5.74) is 3.57. The van der Waals surface area contributed by atoms with Gasteiger partial charge < -0.3 is 0 Å². The smallest absolute Gasteiger partial charge is 0.166 e. The normalized spacial score (nSPS) is 18.5. The third-order valence-corrected chi connectivity index (χ3v) is 7.20. The molecule has 1 aliphatic carbocycles. The first-order chi connectivity index (χ1) is 16.0. The zero-order chi connectivity index (χ0) is 23.4. The minimum Gasteiger partial charge on any atom is -0.206 e. The van der Waals surface area contributed by atoms with E-state index in [9.17, 15) is 8.78 Å². The summed E-state index contributed by atoms with van der Waals surface area (Å²) in [6.45, 7) is 4.18. The van der Waals surface area contributed by atoms with Crippen molar-refractivity contribution in [2.24, 2.45) is 5.92 Å². The van der Waals surface area contributed by atoms with E-state index in [-0.39, 0.29) is 11.4 Å². The number of halogens is 3. The summed E-state index contributed by atoms with van der Waals surface area (Å²) < 4.78 is 44.0. The lowest BCUT2D eigenvalue weighted by Gasteiger charge is -2.28. The van der Waals surface area contributed by atoms with Crippen molar-refractivity contribution in [2.45, 2.75) is 71.1 Å². The van der Waals surface area contributed by atoms with Gasteiger partial charge in [-0.15, -0.1) is 0 Å². The van der Waals surface area contributed by atoms with E-state index in [2.05, 4.69) is 13.0 Å². The lowest BCUT2D eigenvalue weighted by atomic mass is 9.77. The molecule has 3 aromatic rings. The Bertz CT molecular complexity index is 1080. The molecule has 0 saturated heterocycles. The van der Waals surface area contributed by atoms with Crippen LogP contribution in [0.4, 0.5) is 13.2 Å². The molecule has 0 aliphatic heterocycles. The quantitative estimate of drug-likeness (QED) is 0.336. The van der Waals surface area contributed by atoms with Crippen LogP contribution < -0.4 is 0 Å². The number of aryl methyl sites for hydroxylation is 1. The number of benzene rings is 3. The third kappa shape index (κ3) is 5.18. The summed E-state index contributed by atoms with van der Waals surface area (Å²) in [5.74, 6) is -0.550. The first kappa shape index (κ1) is 23.6. The number of hydrogen-bond donors (Lipinski definition) is 0. The largest absolute Gasteiger partial charge is 0.206 e. The van der Waals surface area contributed by atoms with Crippen LogP contribution in [0, 0.1) is 23.4 Å². The summed E-state index contributed by atoms with van der Waals surface area (Å²) in [5, 5.41) is 0. The maximum absolute atomic E-state index is 15.0. The van der Waals surface area contributed by atoms with E-state index in [1.165, 1.54) is 25.7 Å². The highest BCUT2D eigenvalue weighted by molar-refractivity contribution is 5.71. The van der Waals surface area contributed by atoms with Gasteiger partial charge in [-0.3, -0.25) is 0 Å². The maximum Gasteiger partial charge on any atom is 0.166 e. The van der Waals surface area contributed by atoms with Crippen molar-refractivity contribution in [2.75, 3.05) is 0 Å². The molecule has 0 unspecified atom stereocenters. The molecule has 3 heteroatoms. The average Bonchev–Trinajstić information content (AvgIpc) is 2.83. The van der Waals surface area contributed by atoms with Crippen molar-refractivity contribution in [1.29, 1.82) is 0 Å². The Kier molecular flexibility index (Phi) is 7.57. The molecule has 0 bridgehead atoms. The Hall–Kier alpha value is -2.55. The minimum absolute atomic E-state index is 0.225. The van der Waals surface area contributed by atoms with E-state index < -0.39 is 11.6 Å². The average molecular weight is 451 g/mol. The van der Waals surface area contributed by atoms with E-state index in [1.807, 2.05) is 13.0 Å².